The highest BCUT2D eigenvalue weighted by atomic mass is 16.5. The number of hydrogen-bond donors (Lipinski definition) is 0. The summed E-state index contributed by atoms with van der Waals surface area (Å²) >= 11 is 0. The van der Waals surface area contributed by atoms with Crippen LogP contribution in [0.2, 0.25) is 0 Å². The van der Waals surface area contributed by atoms with E-state index in [1.54, 1.807) is 19.1 Å². The first kappa shape index (κ1) is 29.4. The van der Waals surface area contributed by atoms with Crippen LogP contribution in [0.1, 0.15) is 104 Å². The molecular weight excluding hydrogens is 446 g/mol. The van der Waals surface area contributed by atoms with E-state index in [9.17, 15) is 10.1 Å². The predicted octanol–water partition coefficient (Wildman–Crippen LogP) is 9.28. The lowest BCUT2D eigenvalue weighted by atomic mass is 9.87. The third-order valence-electron chi connectivity index (χ3n) is 6.75. The number of carbonyl (C=O) groups is 1. The molecule has 0 aliphatic heterocycles. The minimum Gasteiger partial charge on any atom is -0.494 e. The van der Waals surface area contributed by atoms with Gasteiger partial charge in [-0.3, -0.25) is 0 Å². The maximum atomic E-state index is 12.5. The van der Waals surface area contributed by atoms with Crippen molar-refractivity contribution in [2.75, 3.05) is 6.61 Å². The third kappa shape index (κ3) is 10.4. The second-order valence-corrected chi connectivity index (χ2v) is 10.0. The van der Waals surface area contributed by atoms with Gasteiger partial charge in [-0.2, -0.15) is 5.26 Å². The standard InChI is InChI=1S/C32H45NO3/c1-4-6-8-9-10-11-12-13-14-15-25-35-29-20-16-27(17-21-29)28-18-22-30(23-19-28)36-31(34)32(3,26-33)24-7-5-2/h16-23H,4-15,24-25H2,1-3H3. The van der Waals surface area contributed by atoms with Crippen LogP contribution in [-0.4, -0.2) is 12.6 Å². The highest BCUT2D eigenvalue weighted by molar-refractivity contribution is 5.81. The van der Waals surface area contributed by atoms with Gasteiger partial charge in [0.15, 0.2) is 5.41 Å². The molecule has 0 heterocycles. The number of rotatable bonds is 18. The Bertz CT molecular complexity index is 914. The van der Waals surface area contributed by atoms with Crippen molar-refractivity contribution in [3.8, 4) is 28.7 Å². The Morgan fingerprint density at radius 1 is 0.722 bits per heavy atom. The van der Waals surface area contributed by atoms with E-state index in [4.69, 9.17) is 9.47 Å². The van der Waals surface area contributed by atoms with Gasteiger partial charge in [0.25, 0.3) is 0 Å². The first-order valence-electron chi connectivity index (χ1n) is 14.0. The smallest absolute Gasteiger partial charge is 0.331 e. The molecule has 1 unspecified atom stereocenters. The molecule has 0 spiro atoms. The summed E-state index contributed by atoms with van der Waals surface area (Å²) in [5.74, 6) is 0.858. The van der Waals surface area contributed by atoms with Crippen molar-refractivity contribution in [2.45, 2.75) is 104 Å². The lowest BCUT2D eigenvalue weighted by Gasteiger charge is -2.19. The van der Waals surface area contributed by atoms with E-state index in [0.29, 0.717) is 12.2 Å². The number of unbranched alkanes of at least 4 members (excludes halogenated alkanes) is 10. The highest BCUT2D eigenvalue weighted by Crippen LogP contribution is 2.28. The minimum atomic E-state index is -1.11. The lowest BCUT2D eigenvalue weighted by Crippen LogP contribution is -2.30. The van der Waals surface area contributed by atoms with E-state index < -0.39 is 11.4 Å². The Hall–Kier alpha value is -2.80. The van der Waals surface area contributed by atoms with Crippen molar-refractivity contribution in [1.29, 1.82) is 5.26 Å². The number of hydrogen-bond acceptors (Lipinski definition) is 4. The molecule has 2 rings (SSSR count). The molecule has 0 fully saturated rings. The molecule has 0 saturated carbocycles. The van der Waals surface area contributed by atoms with E-state index in [0.717, 1.165) is 42.7 Å². The van der Waals surface area contributed by atoms with Crippen LogP contribution >= 0.6 is 0 Å². The van der Waals surface area contributed by atoms with Gasteiger partial charge < -0.3 is 9.47 Å². The zero-order chi connectivity index (χ0) is 26.1. The zero-order valence-electron chi connectivity index (χ0n) is 22.7. The van der Waals surface area contributed by atoms with Gasteiger partial charge in [-0.25, -0.2) is 4.79 Å². The molecule has 0 aliphatic rings. The summed E-state index contributed by atoms with van der Waals surface area (Å²) < 4.78 is 11.4. The minimum absolute atomic E-state index is 0.457. The van der Waals surface area contributed by atoms with Gasteiger partial charge in [0.05, 0.1) is 12.7 Å². The summed E-state index contributed by atoms with van der Waals surface area (Å²) in [6, 6.07) is 17.6. The van der Waals surface area contributed by atoms with Gasteiger partial charge in [-0.1, -0.05) is 109 Å². The highest BCUT2D eigenvalue weighted by Gasteiger charge is 2.34. The fourth-order valence-electron chi connectivity index (χ4n) is 4.19. The number of ether oxygens (including phenoxy) is 2. The molecule has 1 atom stereocenters. The summed E-state index contributed by atoms with van der Waals surface area (Å²) in [7, 11) is 0. The molecule has 4 heteroatoms. The van der Waals surface area contributed by atoms with Crippen LogP contribution in [0.15, 0.2) is 48.5 Å². The van der Waals surface area contributed by atoms with Gasteiger partial charge in [0.1, 0.15) is 11.5 Å². The summed E-state index contributed by atoms with van der Waals surface area (Å²) in [6.45, 7) is 6.72. The maximum Gasteiger partial charge on any atom is 0.331 e. The molecule has 36 heavy (non-hydrogen) atoms. The van der Waals surface area contributed by atoms with Crippen molar-refractivity contribution in [1.82, 2.24) is 0 Å². The average molecular weight is 492 g/mol. The number of carbonyl (C=O) groups excluding carboxylic acids is 1. The van der Waals surface area contributed by atoms with E-state index in [1.807, 2.05) is 43.3 Å². The van der Waals surface area contributed by atoms with Crippen LogP contribution in [0.25, 0.3) is 11.1 Å². The quantitative estimate of drug-likeness (QED) is 0.118. The number of benzene rings is 2. The number of nitriles is 1. The largest absolute Gasteiger partial charge is 0.494 e. The van der Waals surface area contributed by atoms with Crippen LogP contribution < -0.4 is 9.47 Å². The molecule has 2 aromatic rings. The first-order chi connectivity index (χ1) is 17.5. The lowest BCUT2D eigenvalue weighted by molar-refractivity contribution is -0.142. The molecule has 4 nitrogen and oxygen atoms in total. The van der Waals surface area contributed by atoms with Crippen LogP contribution in [0.4, 0.5) is 0 Å². The molecule has 0 radical (unpaired) electrons. The Labute approximate surface area is 219 Å². The van der Waals surface area contributed by atoms with Gasteiger partial charge in [0, 0.05) is 0 Å². The summed E-state index contributed by atoms with van der Waals surface area (Å²) in [5.41, 5.74) is 0.993. The van der Waals surface area contributed by atoms with E-state index in [2.05, 4.69) is 13.0 Å². The Balaban J connectivity index is 1.71. The van der Waals surface area contributed by atoms with Gasteiger partial charge in [0.2, 0.25) is 0 Å². The van der Waals surface area contributed by atoms with Crippen molar-refractivity contribution in [3.05, 3.63) is 48.5 Å². The fourth-order valence-corrected chi connectivity index (χ4v) is 4.19. The van der Waals surface area contributed by atoms with Crippen LogP contribution in [-0.2, 0) is 4.79 Å². The maximum absolute atomic E-state index is 12.5. The topological polar surface area (TPSA) is 59.3 Å². The molecule has 0 aromatic heterocycles. The van der Waals surface area contributed by atoms with Crippen LogP contribution in [0.3, 0.4) is 0 Å². The number of esters is 1. The monoisotopic (exact) mass is 491 g/mol. The van der Waals surface area contributed by atoms with Crippen LogP contribution in [0, 0.1) is 16.7 Å². The average Bonchev–Trinajstić information content (AvgIpc) is 2.91. The molecule has 0 bridgehead atoms. The third-order valence-corrected chi connectivity index (χ3v) is 6.75. The molecule has 2 aromatic carbocycles. The number of nitrogens with zero attached hydrogens (tertiary/aromatic N) is 1. The van der Waals surface area contributed by atoms with E-state index in [1.165, 1.54) is 57.8 Å². The van der Waals surface area contributed by atoms with E-state index >= 15 is 0 Å². The SMILES string of the molecule is CCCCCCCCCCCCOc1ccc(-c2ccc(OC(=O)C(C)(C#N)CCCC)cc2)cc1. The van der Waals surface area contributed by atoms with Crippen molar-refractivity contribution >= 4 is 5.97 Å². The molecule has 196 valence electrons. The molecular formula is C32H45NO3. The van der Waals surface area contributed by atoms with Crippen molar-refractivity contribution in [3.63, 3.8) is 0 Å². The van der Waals surface area contributed by atoms with Gasteiger partial charge in [-0.15, -0.1) is 0 Å². The normalized spacial score (nSPS) is 12.5. The second kappa shape index (κ2) is 16.8. The summed E-state index contributed by atoms with van der Waals surface area (Å²) in [4.78, 5) is 12.5. The Kier molecular flexibility index (Phi) is 13.7. The van der Waals surface area contributed by atoms with Crippen molar-refractivity contribution in [2.24, 2.45) is 5.41 Å². The zero-order valence-corrected chi connectivity index (χ0v) is 22.7. The molecule has 0 N–H and O–H groups in total. The molecule has 0 amide bonds. The predicted molar refractivity (Wildman–Crippen MR) is 148 cm³/mol. The Morgan fingerprint density at radius 2 is 1.19 bits per heavy atom. The second-order valence-electron chi connectivity index (χ2n) is 10.0. The fraction of sp³-hybridized carbons (Fsp3) is 0.562. The van der Waals surface area contributed by atoms with Crippen molar-refractivity contribution < 1.29 is 14.3 Å². The summed E-state index contributed by atoms with van der Waals surface area (Å²) in [5, 5.41) is 9.46. The summed E-state index contributed by atoms with van der Waals surface area (Å²) in [6.07, 6.45) is 15.5. The molecule has 0 saturated heterocycles. The van der Waals surface area contributed by atoms with Crippen LogP contribution in [0.5, 0.6) is 11.5 Å². The Morgan fingerprint density at radius 3 is 1.69 bits per heavy atom. The molecule has 0 aliphatic carbocycles. The van der Waals surface area contributed by atoms with Gasteiger partial charge in [-0.05, 0) is 55.2 Å². The first-order valence-corrected chi connectivity index (χ1v) is 14.0. The van der Waals surface area contributed by atoms with Gasteiger partial charge >= 0.3 is 5.97 Å². The van der Waals surface area contributed by atoms with E-state index in [-0.39, 0.29) is 0 Å².